The van der Waals surface area contributed by atoms with Gasteiger partial charge in [-0.2, -0.15) is 0 Å². The van der Waals surface area contributed by atoms with Crippen molar-refractivity contribution in [1.29, 1.82) is 0 Å². The Labute approximate surface area is 95.7 Å². The Morgan fingerprint density at radius 3 is 2.81 bits per heavy atom. The first kappa shape index (κ1) is 12.6. The van der Waals surface area contributed by atoms with Gasteiger partial charge in [0.15, 0.2) is 0 Å². The molecule has 4 nitrogen and oxygen atoms in total. The Kier molecular flexibility index (Phi) is 4.92. The standard InChI is InChI=1S/C12H18N2O2/c1-9(2)11(15)12(16)14-8-6-10-5-3-4-7-13-10/h3-5,7,9,11,15H,6,8H2,1-2H3,(H,14,16)/t11-/m0/s1. The maximum Gasteiger partial charge on any atom is 0.249 e. The van der Waals surface area contributed by atoms with Gasteiger partial charge in [0, 0.05) is 24.9 Å². The molecule has 0 fully saturated rings. The molecule has 0 aliphatic heterocycles. The third-order valence-electron chi connectivity index (χ3n) is 2.31. The molecule has 88 valence electrons. The van der Waals surface area contributed by atoms with Crippen LogP contribution in [0.1, 0.15) is 19.5 Å². The lowest BCUT2D eigenvalue weighted by Crippen LogP contribution is -2.38. The van der Waals surface area contributed by atoms with Crippen molar-refractivity contribution in [2.45, 2.75) is 26.4 Å². The second kappa shape index (κ2) is 6.23. The monoisotopic (exact) mass is 222 g/mol. The Bertz CT molecular complexity index is 325. The molecule has 1 rings (SSSR count). The van der Waals surface area contributed by atoms with Crippen molar-refractivity contribution in [2.75, 3.05) is 6.54 Å². The highest BCUT2D eigenvalue weighted by molar-refractivity contribution is 5.80. The van der Waals surface area contributed by atoms with Crippen molar-refractivity contribution in [3.63, 3.8) is 0 Å². The topological polar surface area (TPSA) is 62.2 Å². The highest BCUT2D eigenvalue weighted by Crippen LogP contribution is 2.00. The summed E-state index contributed by atoms with van der Waals surface area (Å²) in [5.74, 6) is -0.374. The largest absolute Gasteiger partial charge is 0.383 e. The first-order valence-corrected chi connectivity index (χ1v) is 5.47. The number of amides is 1. The number of aliphatic hydroxyl groups is 1. The number of aliphatic hydroxyl groups excluding tert-OH is 1. The predicted octanol–water partition coefficient (Wildman–Crippen LogP) is 0.757. The van der Waals surface area contributed by atoms with E-state index in [9.17, 15) is 9.90 Å². The van der Waals surface area contributed by atoms with Crippen molar-refractivity contribution >= 4 is 5.91 Å². The molecule has 1 atom stereocenters. The van der Waals surface area contributed by atoms with Crippen LogP contribution < -0.4 is 5.32 Å². The molecule has 1 aromatic heterocycles. The third-order valence-corrected chi connectivity index (χ3v) is 2.31. The average molecular weight is 222 g/mol. The van der Waals surface area contributed by atoms with Crippen LogP contribution in [0.4, 0.5) is 0 Å². The molecule has 2 N–H and O–H groups in total. The summed E-state index contributed by atoms with van der Waals surface area (Å²) in [4.78, 5) is 15.5. The fourth-order valence-corrected chi connectivity index (χ4v) is 1.27. The van der Waals surface area contributed by atoms with Crippen molar-refractivity contribution in [2.24, 2.45) is 5.92 Å². The van der Waals surface area contributed by atoms with E-state index in [0.717, 1.165) is 5.69 Å². The van der Waals surface area contributed by atoms with Crippen LogP contribution in [0.2, 0.25) is 0 Å². The summed E-state index contributed by atoms with van der Waals surface area (Å²) in [5, 5.41) is 12.1. The van der Waals surface area contributed by atoms with Gasteiger partial charge in [-0.25, -0.2) is 0 Å². The number of hydrogen-bond acceptors (Lipinski definition) is 3. The van der Waals surface area contributed by atoms with Gasteiger partial charge in [-0.1, -0.05) is 19.9 Å². The van der Waals surface area contributed by atoms with Gasteiger partial charge in [0.05, 0.1) is 0 Å². The van der Waals surface area contributed by atoms with Crippen LogP contribution >= 0.6 is 0 Å². The second-order valence-electron chi connectivity index (χ2n) is 4.05. The van der Waals surface area contributed by atoms with Gasteiger partial charge in [-0.05, 0) is 18.1 Å². The Morgan fingerprint density at radius 1 is 1.50 bits per heavy atom. The van der Waals surface area contributed by atoms with E-state index in [4.69, 9.17) is 0 Å². The molecule has 16 heavy (non-hydrogen) atoms. The molecule has 0 aromatic carbocycles. The molecule has 1 amide bonds. The minimum atomic E-state index is -0.927. The summed E-state index contributed by atoms with van der Waals surface area (Å²) in [6.45, 7) is 4.12. The summed E-state index contributed by atoms with van der Waals surface area (Å²) in [6.07, 6.45) is 1.47. The molecule has 0 unspecified atom stereocenters. The lowest BCUT2D eigenvalue weighted by Gasteiger charge is -2.13. The molecular formula is C12H18N2O2. The van der Waals surface area contributed by atoms with Crippen LogP contribution in [0.25, 0.3) is 0 Å². The number of hydrogen-bond donors (Lipinski definition) is 2. The molecule has 0 radical (unpaired) electrons. The van der Waals surface area contributed by atoms with Crippen molar-refractivity contribution < 1.29 is 9.90 Å². The lowest BCUT2D eigenvalue weighted by molar-refractivity contribution is -0.131. The fraction of sp³-hybridized carbons (Fsp3) is 0.500. The zero-order valence-electron chi connectivity index (χ0n) is 9.68. The number of carbonyl (C=O) groups excluding carboxylic acids is 1. The Hall–Kier alpha value is -1.42. The van der Waals surface area contributed by atoms with E-state index in [1.807, 2.05) is 32.0 Å². The minimum Gasteiger partial charge on any atom is -0.383 e. The number of rotatable bonds is 5. The van der Waals surface area contributed by atoms with Crippen LogP contribution in [0.15, 0.2) is 24.4 Å². The maximum atomic E-state index is 11.4. The smallest absolute Gasteiger partial charge is 0.249 e. The normalized spacial score (nSPS) is 12.5. The van der Waals surface area contributed by atoms with Crippen molar-refractivity contribution in [1.82, 2.24) is 10.3 Å². The number of nitrogens with zero attached hydrogens (tertiary/aromatic N) is 1. The van der Waals surface area contributed by atoms with Gasteiger partial charge >= 0.3 is 0 Å². The summed E-state index contributed by atoms with van der Waals surface area (Å²) < 4.78 is 0. The fourth-order valence-electron chi connectivity index (χ4n) is 1.27. The molecule has 0 saturated heterocycles. The number of pyridine rings is 1. The molecule has 1 aromatic rings. The molecule has 0 aliphatic carbocycles. The highest BCUT2D eigenvalue weighted by atomic mass is 16.3. The molecular weight excluding hydrogens is 204 g/mol. The molecule has 0 saturated carbocycles. The zero-order chi connectivity index (χ0) is 12.0. The van der Waals surface area contributed by atoms with Crippen LogP contribution in [0.5, 0.6) is 0 Å². The van der Waals surface area contributed by atoms with Crippen molar-refractivity contribution in [3.05, 3.63) is 30.1 Å². The van der Waals surface area contributed by atoms with Crippen LogP contribution in [-0.2, 0) is 11.2 Å². The highest BCUT2D eigenvalue weighted by Gasteiger charge is 2.17. The molecule has 0 aliphatic rings. The van der Waals surface area contributed by atoms with Gasteiger partial charge < -0.3 is 10.4 Å². The zero-order valence-corrected chi connectivity index (χ0v) is 9.68. The first-order valence-electron chi connectivity index (χ1n) is 5.47. The van der Waals surface area contributed by atoms with E-state index >= 15 is 0 Å². The van der Waals surface area contributed by atoms with Gasteiger partial charge in [0.25, 0.3) is 0 Å². The second-order valence-corrected chi connectivity index (χ2v) is 4.05. The SMILES string of the molecule is CC(C)[C@H](O)C(=O)NCCc1ccccn1. The number of aromatic nitrogens is 1. The molecule has 4 heteroatoms. The van der Waals surface area contributed by atoms with E-state index in [1.165, 1.54) is 0 Å². The molecule has 0 spiro atoms. The van der Waals surface area contributed by atoms with E-state index in [0.29, 0.717) is 13.0 Å². The van der Waals surface area contributed by atoms with Crippen LogP contribution in [-0.4, -0.2) is 28.6 Å². The summed E-state index contributed by atoms with van der Waals surface area (Å²) in [7, 11) is 0. The Balaban J connectivity index is 2.28. The lowest BCUT2D eigenvalue weighted by atomic mass is 10.1. The average Bonchev–Trinajstić information content (AvgIpc) is 2.29. The van der Waals surface area contributed by atoms with E-state index in [2.05, 4.69) is 10.3 Å². The number of nitrogens with one attached hydrogen (secondary N) is 1. The van der Waals surface area contributed by atoms with E-state index in [-0.39, 0.29) is 11.8 Å². The summed E-state index contributed by atoms with van der Waals surface area (Å²) >= 11 is 0. The summed E-state index contributed by atoms with van der Waals surface area (Å²) in [5.41, 5.74) is 0.932. The van der Waals surface area contributed by atoms with Crippen LogP contribution in [0, 0.1) is 5.92 Å². The summed E-state index contributed by atoms with van der Waals surface area (Å²) in [6, 6.07) is 5.67. The van der Waals surface area contributed by atoms with Gasteiger partial charge in [0.1, 0.15) is 6.10 Å². The maximum absolute atomic E-state index is 11.4. The number of carbonyl (C=O) groups is 1. The minimum absolute atomic E-state index is 0.0603. The molecule has 1 heterocycles. The Morgan fingerprint density at radius 2 is 2.25 bits per heavy atom. The van der Waals surface area contributed by atoms with Gasteiger partial charge in [-0.3, -0.25) is 9.78 Å². The van der Waals surface area contributed by atoms with Gasteiger partial charge in [0.2, 0.25) is 5.91 Å². The van der Waals surface area contributed by atoms with Crippen molar-refractivity contribution in [3.8, 4) is 0 Å². The van der Waals surface area contributed by atoms with E-state index < -0.39 is 6.10 Å². The quantitative estimate of drug-likeness (QED) is 0.773. The molecule has 0 bridgehead atoms. The third kappa shape index (κ3) is 3.98. The van der Waals surface area contributed by atoms with E-state index in [1.54, 1.807) is 6.20 Å². The first-order chi connectivity index (χ1) is 7.61. The predicted molar refractivity (Wildman–Crippen MR) is 61.8 cm³/mol. The van der Waals surface area contributed by atoms with Crippen LogP contribution in [0.3, 0.4) is 0 Å². The van der Waals surface area contributed by atoms with Gasteiger partial charge in [-0.15, -0.1) is 0 Å².